The third kappa shape index (κ3) is 8.55. The molecule has 0 aromatic heterocycles. The second-order valence-electron chi connectivity index (χ2n) is 9.14. The summed E-state index contributed by atoms with van der Waals surface area (Å²) < 4.78 is 31.5. The molecule has 2 aromatic carbocycles. The first-order valence-corrected chi connectivity index (χ1v) is 14.1. The second kappa shape index (κ2) is 13.3. The van der Waals surface area contributed by atoms with Crippen molar-refractivity contribution in [3.63, 3.8) is 0 Å². The number of amides is 2. The molecule has 2 rings (SSSR count). The van der Waals surface area contributed by atoms with Gasteiger partial charge in [-0.2, -0.15) is 0 Å². The van der Waals surface area contributed by atoms with E-state index in [0.717, 1.165) is 23.8 Å². The van der Waals surface area contributed by atoms with Crippen LogP contribution in [0.1, 0.15) is 51.2 Å². The van der Waals surface area contributed by atoms with Gasteiger partial charge in [0, 0.05) is 25.6 Å². The summed E-state index contributed by atoms with van der Waals surface area (Å²) in [5.41, 5.74) is 2.35. The first-order valence-electron chi connectivity index (χ1n) is 12.2. The predicted octanol–water partition coefficient (Wildman–Crippen LogP) is 3.88. The summed E-state index contributed by atoms with van der Waals surface area (Å²) in [4.78, 5) is 27.8. The van der Waals surface area contributed by atoms with Crippen molar-refractivity contribution in [2.45, 2.75) is 65.6 Å². The minimum absolute atomic E-state index is 0.00799. The third-order valence-electron chi connectivity index (χ3n) is 6.10. The van der Waals surface area contributed by atoms with Gasteiger partial charge in [0.25, 0.3) is 0 Å². The first kappa shape index (κ1) is 29.2. The van der Waals surface area contributed by atoms with Crippen LogP contribution in [-0.2, 0) is 26.2 Å². The van der Waals surface area contributed by atoms with Crippen LogP contribution in [0.25, 0.3) is 0 Å². The van der Waals surface area contributed by atoms with Crippen LogP contribution in [0.2, 0.25) is 0 Å². The van der Waals surface area contributed by atoms with E-state index >= 15 is 0 Å². The summed E-state index contributed by atoms with van der Waals surface area (Å²) in [7, 11) is -1.95. The van der Waals surface area contributed by atoms with Crippen molar-refractivity contribution >= 4 is 27.5 Å². The zero-order valence-electron chi connectivity index (χ0n) is 22.2. The van der Waals surface area contributed by atoms with E-state index in [0.29, 0.717) is 17.9 Å². The van der Waals surface area contributed by atoms with Gasteiger partial charge in [-0.25, -0.2) is 8.42 Å². The zero-order valence-corrected chi connectivity index (χ0v) is 23.0. The monoisotopic (exact) mass is 517 g/mol. The Morgan fingerprint density at radius 3 is 2.39 bits per heavy atom. The normalized spacial score (nSPS) is 12.9. The molecule has 198 valence electrons. The number of sulfonamides is 1. The molecule has 0 unspecified atom stereocenters. The van der Waals surface area contributed by atoms with Crippen molar-refractivity contribution in [2.75, 3.05) is 24.2 Å². The molecule has 0 spiro atoms. The van der Waals surface area contributed by atoms with E-state index in [1.54, 1.807) is 37.1 Å². The highest BCUT2D eigenvalue weighted by Crippen LogP contribution is 2.21. The fraction of sp³-hybridized carbons (Fsp3) is 0.481. The Balaban J connectivity index is 2.19. The molecule has 2 aromatic rings. The molecule has 36 heavy (non-hydrogen) atoms. The lowest BCUT2D eigenvalue weighted by molar-refractivity contribution is -0.140. The van der Waals surface area contributed by atoms with Gasteiger partial charge in [-0.3, -0.25) is 13.9 Å². The Hall–Kier alpha value is -3.07. The van der Waals surface area contributed by atoms with E-state index in [1.165, 1.54) is 4.31 Å². The molecule has 2 atom stereocenters. The third-order valence-corrected chi connectivity index (χ3v) is 7.29. The quantitative estimate of drug-likeness (QED) is 0.435. The summed E-state index contributed by atoms with van der Waals surface area (Å²) in [5.74, 6) is 0.221. The van der Waals surface area contributed by atoms with Crippen LogP contribution in [0, 0.1) is 6.92 Å². The van der Waals surface area contributed by atoms with E-state index in [1.807, 2.05) is 51.1 Å². The largest absolute Gasteiger partial charge is 0.497 e. The number of anilines is 1. The SMILES string of the molecule is CC[C@H](C)NC(=O)[C@@H](C)N(Cc1cccc(OC)c1)C(=O)CCCN(c1cccc(C)c1)S(C)(=O)=O. The van der Waals surface area contributed by atoms with Crippen LogP contribution in [0.4, 0.5) is 5.69 Å². The lowest BCUT2D eigenvalue weighted by atomic mass is 10.1. The smallest absolute Gasteiger partial charge is 0.242 e. The molecule has 0 saturated carbocycles. The van der Waals surface area contributed by atoms with E-state index in [4.69, 9.17) is 4.74 Å². The van der Waals surface area contributed by atoms with Gasteiger partial charge >= 0.3 is 0 Å². The molecule has 0 heterocycles. The molecule has 0 saturated heterocycles. The van der Waals surface area contributed by atoms with Crippen LogP contribution in [0.3, 0.4) is 0 Å². The topological polar surface area (TPSA) is 96.0 Å². The summed E-state index contributed by atoms with van der Waals surface area (Å²) >= 11 is 0. The van der Waals surface area contributed by atoms with Crippen molar-refractivity contribution in [2.24, 2.45) is 0 Å². The van der Waals surface area contributed by atoms with Crippen LogP contribution in [-0.4, -0.2) is 57.1 Å². The maximum absolute atomic E-state index is 13.4. The van der Waals surface area contributed by atoms with Crippen molar-refractivity contribution in [1.82, 2.24) is 10.2 Å². The Morgan fingerprint density at radius 1 is 1.08 bits per heavy atom. The summed E-state index contributed by atoms with van der Waals surface area (Å²) in [6.07, 6.45) is 2.35. The van der Waals surface area contributed by atoms with Gasteiger partial charge in [0.1, 0.15) is 11.8 Å². The number of rotatable bonds is 13. The van der Waals surface area contributed by atoms with Crippen molar-refractivity contribution in [3.05, 3.63) is 59.7 Å². The second-order valence-corrected chi connectivity index (χ2v) is 11.1. The summed E-state index contributed by atoms with van der Waals surface area (Å²) in [5, 5.41) is 2.95. The average Bonchev–Trinajstić information content (AvgIpc) is 2.83. The molecule has 9 heteroatoms. The van der Waals surface area contributed by atoms with E-state index in [9.17, 15) is 18.0 Å². The first-order chi connectivity index (χ1) is 17.0. The van der Waals surface area contributed by atoms with Crippen molar-refractivity contribution < 1.29 is 22.7 Å². The van der Waals surface area contributed by atoms with Gasteiger partial charge in [-0.1, -0.05) is 31.2 Å². The van der Waals surface area contributed by atoms with Crippen LogP contribution < -0.4 is 14.4 Å². The van der Waals surface area contributed by atoms with Gasteiger partial charge in [-0.15, -0.1) is 0 Å². The minimum atomic E-state index is -3.52. The van der Waals surface area contributed by atoms with Crippen molar-refractivity contribution in [3.8, 4) is 5.75 Å². The number of nitrogens with zero attached hydrogens (tertiary/aromatic N) is 2. The number of benzene rings is 2. The molecule has 0 bridgehead atoms. The number of carbonyl (C=O) groups is 2. The molecule has 0 aliphatic carbocycles. The number of aryl methyl sites for hydroxylation is 1. The maximum Gasteiger partial charge on any atom is 0.242 e. The molecular weight excluding hydrogens is 478 g/mol. The Labute approximate surface area is 215 Å². The highest BCUT2D eigenvalue weighted by atomic mass is 32.2. The van der Waals surface area contributed by atoms with Gasteiger partial charge in [0.05, 0.1) is 19.1 Å². The molecule has 0 fully saturated rings. The molecule has 8 nitrogen and oxygen atoms in total. The van der Waals surface area contributed by atoms with Gasteiger partial charge in [0.15, 0.2) is 0 Å². The summed E-state index contributed by atoms with van der Waals surface area (Å²) in [6.45, 7) is 7.91. The highest BCUT2D eigenvalue weighted by molar-refractivity contribution is 7.92. The summed E-state index contributed by atoms with van der Waals surface area (Å²) in [6, 6.07) is 13.9. The number of ether oxygens (including phenoxy) is 1. The van der Waals surface area contributed by atoms with Crippen LogP contribution in [0.5, 0.6) is 5.75 Å². The van der Waals surface area contributed by atoms with Crippen molar-refractivity contribution in [1.29, 1.82) is 0 Å². The van der Waals surface area contributed by atoms with Gasteiger partial charge < -0.3 is 15.0 Å². The molecule has 0 radical (unpaired) electrons. The Bertz CT molecular complexity index is 1140. The number of carbonyl (C=O) groups excluding carboxylic acids is 2. The molecule has 2 amide bonds. The minimum Gasteiger partial charge on any atom is -0.497 e. The number of hydrogen-bond acceptors (Lipinski definition) is 5. The van der Waals surface area contributed by atoms with E-state index in [-0.39, 0.29) is 37.4 Å². The lowest BCUT2D eigenvalue weighted by Crippen LogP contribution is -2.49. The lowest BCUT2D eigenvalue weighted by Gasteiger charge is -2.30. The maximum atomic E-state index is 13.4. The van der Waals surface area contributed by atoms with E-state index < -0.39 is 16.1 Å². The number of methoxy groups -OCH3 is 1. The molecule has 1 N–H and O–H groups in total. The highest BCUT2D eigenvalue weighted by Gasteiger charge is 2.27. The predicted molar refractivity (Wildman–Crippen MR) is 144 cm³/mol. The van der Waals surface area contributed by atoms with Crippen LogP contribution in [0.15, 0.2) is 48.5 Å². The molecule has 0 aliphatic heterocycles. The van der Waals surface area contributed by atoms with Gasteiger partial charge in [-0.05, 0) is 69.0 Å². The fourth-order valence-electron chi connectivity index (χ4n) is 3.80. The van der Waals surface area contributed by atoms with Gasteiger partial charge in [0.2, 0.25) is 21.8 Å². The number of nitrogens with one attached hydrogen (secondary N) is 1. The average molecular weight is 518 g/mol. The van der Waals surface area contributed by atoms with E-state index in [2.05, 4.69) is 5.32 Å². The fourth-order valence-corrected chi connectivity index (χ4v) is 4.76. The number of hydrogen-bond donors (Lipinski definition) is 1. The zero-order chi connectivity index (χ0) is 26.9. The molecular formula is C27H39N3O5S. The Kier molecular flexibility index (Phi) is 10.8. The van der Waals surface area contributed by atoms with Crippen LogP contribution >= 0.6 is 0 Å². The Morgan fingerprint density at radius 2 is 1.78 bits per heavy atom. The standard InChI is InChI=1S/C27H39N3O5S/c1-7-21(3)28-27(32)22(4)29(19-23-12-9-14-25(18-23)35-5)26(31)15-10-16-30(36(6,33)34)24-13-8-11-20(2)17-24/h8-9,11-14,17-18,21-22H,7,10,15-16,19H2,1-6H3,(H,28,32)/t21-,22+/m0/s1. The molecule has 0 aliphatic rings.